The first-order chi connectivity index (χ1) is 7.77. The molecule has 1 aliphatic heterocycles. The topological polar surface area (TPSA) is 46.2 Å². The molecule has 0 saturated carbocycles. The maximum absolute atomic E-state index is 11.8. The fraction of sp³-hybridized carbons (Fsp3) is 0.333. The lowest BCUT2D eigenvalue weighted by Crippen LogP contribution is -2.25. The Kier molecular flexibility index (Phi) is 3.62. The number of carbonyl (C=O) groups excluding carboxylic acids is 2. The largest absolute Gasteiger partial charge is 0.352 e. The summed E-state index contributed by atoms with van der Waals surface area (Å²) in [7, 11) is 0. The van der Waals surface area contributed by atoms with Crippen molar-refractivity contribution in [2.75, 3.05) is 6.54 Å². The maximum Gasteiger partial charge on any atom is 0.252 e. The van der Waals surface area contributed by atoms with Crippen molar-refractivity contribution < 1.29 is 9.59 Å². The van der Waals surface area contributed by atoms with Crippen LogP contribution in [0.25, 0.3) is 0 Å². The molecule has 1 N–H and O–H groups in total. The zero-order chi connectivity index (χ0) is 11.4. The van der Waals surface area contributed by atoms with Crippen LogP contribution in [-0.2, 0) is 4.79 Å². The van der Waals surface area contributed by atoms with Crippen LogP contribution in [0.2, 0.25) is 0 Å². The number of carbonyl (C=O) groups is 2. The Hall–Kier alpha value is -1.29. The zero-order valence-electron chi connectivity index (χ0n) is 8.86. The van der Waals surface area contributed by atoms with Crippen molar-refractivity contribution in [3.05, 3.63) is 29.8 Å². The highest BCUT2D eigenvalue weighted by atomic mass is 32.2. The molecule has 0 unspecified atom stereocenters. The van der Waals surface area contributed by atoms with E-state index in [9.17, 15) is 9.59 Å². The first-order valence-corrected chi connectivity index (χ1v) is 6.17. The van der Waals surface area contributed by atoms with Crippen molar-refractivity contribution in [2.24, 2.45) is 0 Å². The van der Waals surface area contributed by atoms with Gasteiger partial charge < -0.3 is 5.32 Å². The Balaban J connectivity index is 2.31. The van der Waals surface area contributed by atoms with Crippen molar-refractivity contribution >= 4 is 22.8 Å². The van der Waals surface area contributed by atoms with Crippen molar-refractivity contribution in [1.82, 2.24) is 5.32 Å². The summed E-state index contributed by atoms with van der Waals surface area (Å²) in [6.45, 7) is 0.644. The van der Waals surface area contributed by atoms with Gasteiger partial charge >= 0.3 is 0 Å². The van der Waals surface area contributed by atoms with E-state index >= 15 is 0 Å². The SMILES string of the molecule is O=C1CCCCNC(=O)c2ccccc2S1. The summed E-state index contributed by atoms with van der Waals surface area (Å²) in [6.07, 6.45) is 2.28. The third-order valence-electron chi connectivity index (χ3n) is 2.45. The van der Waals surface area contributed by atoms with Crippen molar-refractivity contribution in [1.29, 1.82) is 0 Å². The second-order valence-electron chi connectivity index (χ2n) is 3.68. The minimum atomic E-state index is -0.0854. The molecule has 1 aromatic rings. The molecule has 1 aromatic carbocycles. The molecule has 0 bridgehead atoms. The van der Waals surface area contributed by atoms with E-state index in [2.05, 4.69) is 5.32 Å². The maximum atomic E-state index is 11.8. The van der Waals surface area contributed by atoms with E-state index in [0.29, 0.717) is 18.5 Å². The van der Waals surface area contributed by atoms with Gasteiger partial charge in [-0.25, -0.2) is 0 Å². The summed E-state index contributed by atoms with van der Waals surface area (Å²) in [5.41, 5.74) is 0.600. The smallest absolute Gasteiger partial charge is 0.252 e. The van der Waals surface area contributed by atoms with Gasteiger partial charge in [-0.15, -0.1) is 0 Å². The summed E-state index contributed by atoms with van der Waals surface area (Å²) in [6, 6.07) is 7.24. The van der Waals surface area contributed by atoms with Crippen LogP contribution < -0.4 is 5.32 Å². The molecule has 16 heavy (non-hydrogen) atoms. The minimum Gasteiger partial charge on any atom is -0.352 e. The first-order valence-electron chi connectivity index (χ1n) is 5.35. The Bertz CT molecular complexity index is 417. The van der Waals surface area contributed by atoms with Gasteiger partial charge in [0.15, 0.2) is 5.12 Å². The van der Waals surface area contributed by atoms with Crippen LogP contribution in [0, 0.1) is 0 Å². The molecule has 1 amide bonds. The van der Waals surface area contributed by atoms with E-state index in [1.165, 1.54) is 11.8 Å². The Morgan fingerprint density at radius 1 is 1.12 bits per heavy atom. The van der Waals surface area contributed by atoms with Gasteiger partial charge in [-0.1, -0.05) is 23.9 Å². The molecule has 0 radical (unpaired) electrons. The number of rotatable bonds is 0. The van der Waals surface area contributed by atoms with Gasteiger partial charge in [0.2, 0.25) is 0 Å². The van der Waals surface area contributed by atoms with E-state index in [1.807, 2.05) is 18.2 Å². The molecule has 0 atom stereocenters. The number of hydrogen-bond acceptors (Lipinski definition) is 3. The van der Waals surface area contributed by atoms with Crippen LogP contribution in [0.3, 0.4) is 0 Å². The van der Waals surface area contributed by atoms with Gasteiger partial charge in [-0.3, -0.25) is 9.59 Å². The van der Waals surface area contributed by atoms with Gasteiger partial charge in [-0.05, 0) is 25.0 Å². The summed E-state index contributed by atoms with van der Waals surface area (Å²) in [5, 5.41) is 3.00. The Morgan fingerprint density at radius 2 is 1.94 bits per heavy atom. The lowest BCUT2D eigenvalue weighted by molar-refractivity contribution is -0.111. The number of amides is 1. The summed E-state index contributed by atoms with van der Waals surface area (Å²) >= 11 is 1.17. The van der Waals surface area contributed by atoms with Crippen molar-refractivity contribution in [2.45, 2.75) is 24.2 Å². The lowest BCUT2D eigenvalue weighted by atomic mass is 10.2. The Labute approximate surface area is 98.6 Å². The molecule has 3 nitrogen and oxygen atoms in total. The van der Waals surface area contributed by atoms with Crippen LogP contribution in [-0.4, -0.2) is 17.6 Å². The first kappa shape index (κ1) is 11.2. The molecule has 4 heteroatoms. The van der Waals surface area contributed by atoms with E-state index < -0.39 is 0 Å². The molecule has 0 aromatic heterocycles. The molecule has 0 aliphatic carbocycles. The van der Waals surface area contributed by atoms with Crippen molar-refractivity contribution in [3.8, 4) is 0 Å². The summed E-state index contributed by atoms with van der Waals surface area (Å²) < 4.78 is 0. The van der Waals surface area contributed by atoms with Crippen LogP contribution in [0.4, 0.5) is 0 Å². The predicted molar refractivity (Wildman–Crippen MR) is 63.5 cm³/mol. The standard InChI is InChI=1S/C12H13NO2S/c14-11-7-3-4-8-13-12(15)9-5-1-2-6-10(9)16-11/h1-2,5-6H,3-4,7-8H2,(H,13,15). The van der Waals surface area contributed by atoms with Crippen LogP contribution >= 0.6 is 11.8 Å². The quantitative estimate of drug-likeness (QED) is 0.750. The highest BCUT2D eigenvalue weighted by Crippen LogP contribution is 2.25. The zero-order valence-corrected chi connectivity index (χ0v) is 9.68. The molecule has 0 spiro atoms. The minimum absolute atomic E-state index is 0.0854. The number of thioether (sulfide) groups is 1. The molecule has 2 rings (SSSR count). The predicted octanol–water partition coefficient (Wildman–Crippen LogP) is 2.22. The van der Waals surface area contributed by atoms with Crippen molar-refractivity contribution in [3.63, 3.8) is 0 Å². The van der Waals surface area contributed by atoms with Gasteiger partial charge in [0, 0.05) is 17.9 Å². The van der Waals surface area contributed by atoms with Crippen LogP contribution in [0.1, 0.15) is 29.6 Å². The average Bonchev–Trinajstić information content (AvgIpc) is 2.28. The number of hydrogen-bond donors (Lipinski definition) is 1. The highest BCUT2D eigenvalue weighted by Gasteiger charge is 2.15. The number of fused-ring (bicyclic) bond motifs is 1. The normalized spacial score (nSPS) is 17.5. The van der Waals surface area contributed by atoms with E-state index in [4.69, 9.17) is 0 Å². The van der Waals surface area contributed by atoms with Gasteiger partial charge in [-0.2, -0.15) is 0 Å². The molecular formula is C12H13NO2S. The second-order valence-corrected chi connectivity index (χ2v) is 4.78. The van der Waals surface area contributed by atoms with Gasteiger partial charge in [0.05, 0.1) is 5.56 Å². The molecular weight excluding hydrogens is 222 g/mol. The second kappa shape index (κ2) is 5.16. The lowest BCUT2D eigenvalue weighted by Gasteiger charge is -2.11. The van der Waals surface area contributed by atoms with E-state index in [1.54, 1.807) is 6.07 Å². The van der Waals surface area contributed by atoms with Crippen LogP contribution in [0.15, 0.2) is 29.2 Å². The Morgan fingerprint density at radius 3 is 2.81 bits per heavy atom. The van der Waals surface area contributed by atoms with E-state index in [0.717, 1.165) is 17.7 Å². The summed E-state index contributed by atoms with van der Waals surface area (Å²) in [4.78, 5) is 24.2. The average molecular weight is 235 g/mol. The highest BCUT2D eigenvalue weighted by molar-refractivity contribution is 8.13. The van der Waals surface area contributed by atoms with E-state index in [-0.39, 0.29) is 11.0 Å². The molecule has 84 valence electrons. The molecule has 0 saturated heterocycles. The fourth-order valence-corrected chi connectivity index (χ4v) is 2.52. The van der Waals surface area contributed by atoms with Gasteiger partial charge in [0.1, 0.15) is 0 Å². The summed E-state index contributed by atoms with van der Waals surface area (Å²) in [5.74, 6) is -0.0854. The fourth-order valence-electron chi connectivity index (χ4n) is 1.61. The monoisotopic (exact) mass is 235 g/mol. The molecule has 0 fully saturated rings. The molecule has 1 aliphatic rings. The van der Waals surface area contributed by atoms with Crippen LogP contribution in [0.5, 0.6) is 0 Å². The third-order valence-corrected chi connectivity index (χ3v) is 3.46. The molecule has 1 heterocycles. The third kappa shape index (κ3) is 2.64. The van der Waals surface area contributed by atoms with Gasteiger partial charge in [0.25, 0.3) is 5.91 Å². The number of nitrogens with one attached hydrogen (secondary N) is 1. The number of benzene rings is 1.